The van der Waals surface area contributed by atoms with Gasteiger partial charge in [0.1, 0.15) is 11.5 Å². The van der Waals surface area contributed by atoms with Crippen LogP contribution in [0.15, 0.2) is 29.3 Å². The topological polar surface area (TPSA) is 61.8 Å². The smallest absolute Gasteiger partial charge is 0.340 e. The van der Waals surface area contributed by atoms with Crippen molar-refractivity contribution >= 4 is 29.2 Å². The Bertz CT molecular complexity index is 918. The zero-order chi connectivity index (χ0) is 18.3. The number of benzene rings is 1. The lowest BCUT2D eigenvalue weighted by molar-refractivity contribution is -0.144. The highest BCUT2D eigenvalue weighted by atomic mass is 32.1. The molecule has 1 aromatic carbocycles. The highest BCUT2D eigenvalue weighted by Crippen LogP contribution is 2.38. The standard InChI is InChI=1S/C20H18O5S/c1-11-5-7-26-17(11)10-16-19(21)18-12(2)8-13(9-15(18)25-16)24-20(22)14-4-3-6-23-14/h5,7-10,14H,3-4,6H2,1-2H3/b16-10-. The van der Waals surface area contributed by atoms with Gasteiger partial charge in [0.05, 0.1) is 5.56 Å². The number of hydrogen-bond donors (Lipinski definition) is 0. The molecule has 0 amide bonds. The summed E-state index contributed by atoms with van der Waals surface area (Å²) in [5, 5.41) is 1.97. The molecule has 1 atom stereocenters. The molecule has 0 N–H and O–H groups in total. The summed E-state index contributed by atoms with van der Waals surface area (Å²) in [5.41, 5.74) is 2.33. The molecule has 1 saturated heterocycles. The minimum atomic E-state index is -0.511. The summed E-state index contributed by atoms with van der Waals surface area (Å²) in [5.74, 6) is 0.517. The van der Waals surface area contributed by atoms with Crippen LogP contribution in [0, 0.1) is 13.8 Å². The van der Waals surface area contributed by atoms with E-state index >= 15 is 0 Å². The van der Waals surface area contributed by atoms with Gasteiger partial charge < -0.3 is 14.2 Å². The third-order valence-corrected chi connectivity index (χ3v) is 5.48. The maximum Gasteiger partial charge on any atom is 0.340 e. The fraction of sp³-hybridized carbons (Fsp3) is 0.300. The molecule has 0 radical (unpaired) electrons. The average molecular weight is 370 g/mol. The number of ether oxygens (including phenoxy) is 3. The van der Waals surface area contributed by atoms with E-state index in [4.69, 9.17) is 14.2 Å². The van der Waals surface area contributed by atoms with E-state index in [-0.39, 0.29) is 11.5 Å². The number of thiophene rings is 1. The number of carbonyl (C=O) groups is 2. The minimum absolute atomic E-state index is 0.151. The Balaban J connectivity index is 1.60. The van der Waals surface area contributed by atoms with Crippen molar-refractivity contribution in [3.05, 3.63) is 50.9 Å². The van der Waals surface area contributed by atoms with E-state index in [9.17, 15) is 9.59 Å². The number of fused-ring (bicyclic) bond motifs is 1. The van der Waals surface area contributed by atoms with Crippen LogP contribution in [0.2, 0.25) is 0 Å². The molecule has 0 bridgehead atoms. The third kappa shape index (κ3) is 3.06. The fourth-order valence-corrected chi connectivity index (χ4v) is 3.98. The first-order chi connectivity index (χ1) is 12.5. The van der Waals surface area contributed by atoms with Gasteiger partial charge in [0.15, 0.2) is 11.9 Å². The van der Waals surface area contributed by atoms with Gasteiger partial charge in [0.25, 0.3) is 0 Å². The normalized spacial score (nSPS) is 20.3. The van der Waals surface area contributed by atoms with Crippen LogP contribution in [0.25, 0.3) is 6.08 Å². The summed E-state index contributed by atoms with van der Waals surface area (Å²) in [6, 6.07) is 5.28. The summed E-state index contributed by atoms with van der Waals surface area (Å²) in [6.45, 7) is 4.38. The van der Waals surface area contributed by atoms with E-state index in [1.54, 1.807) is 29.5 Å². The Morgan fingerprint density at radius 1 is 1.31 bits per heavy atom. The van der Waals surface area contributed by atoms with Gasteiger partial charge in [0.2, 0.25) is 5.78 Å². The second-order valence-corrected chi connectivity index (χ2v) is 7.39. The first-order valence-corrected chi connectivity index (χ1v) is 9.37. The van der Waals surface area contributed by atoms with Crippen LogP contribution in [0.1, 0.15) is 39.2 Å². The van der Waals surface area contributed by atoms with Crippen LogP contribution in [0.4, 0.5) is 0 Å². The van der Waals surface area contributed by atoms with Gasteiger partial charge >= 0.3 is 5.97 Å². The SMILES string of the molecule is Cc1ccsc1/C=C1\Oc2cc(OC(=O)C3CCCO3)cc(C)c2C1=O. The quantitative estimate of drug-likeness (QED) is 0.463. The first-order valence-electron chi connectivity index (χ1n) is 8.49. The van der Waals surface area contributed by atoms with E-state index in [1.165, 1.54) is 0 Å². The lowest BCUT2D eigenvalue weighted by Gasteiger charge is -2.11. The molecule has 4 rings (SSSR count). The minimum Gasteiger partial charge on any atom is -0.452 e. The van der Waals surface area contributed by atoms with Gasteiger partial charge in [-0.3, -0.25) is 4.79 Å². The van der Waals surface area contributed by atoms with Crippen molar-refractivity contribution in [1.29, 1.82) is 0 Å². The lowest BCUT2D eigenvalue weighted by atomic mass is 10.0. The van der Waals surface area contributed by atoms with Crippen molar-refractivity contribution in [2.24, 2.45) is 0 Å². The second kappa shape index (κ2) is 6.70. The fourth-order valence-electron chi connectivity index (χ4n) is 3.13. The molecule has 0 spiro atoms. The molecule has 1 aromatic heterocycles. The van der Waals surface area contributed by atoms with Crippen molar-refractivity contribution in [2.75, 3.05) is 6.61 Å². The molecule has 1 fully saturated rings. The summed E-state index contributed by atoms with van der Waals surface area (Å²) in [7, 11) is 0. The van der Waals surface area contributed by atoms with Gasteiger partial charge in [-0.1, -0.05) is 0 Å². The van der Waals surface area contributed by atoms with Gasteiger partial charge in [0, 0.05) is 23.6 Å². The molecular formula is C20H18O5S. The molecule has 3 heterocycles. The van der Waals surface area contributed by atoms with Crippen LogP contribution >= 0.6 is 11.3 Å². The van der Waals surface area contributed by atoms with Gasteiger partial charge in [-0.05, 0) is 55.3 Å². The zero-order valence-electron chi connectivity index (χ0n) is 14.5. The van der Waals surface area contributed by atoms with Crippen molar-refractivity contribution in [3.8, 4) is 11.5 Å². The number of ketones is 1. The molecule has 26 heavy (non-hydrogen) atoms. The Kier molecular flexibility index (Phi) is 4.38. The highest BCUT2D eigenvalue weighted by Gasteiger charge is 2.31. The van der Waals surface area contributed by atoms with Crippen LogP contribution in [0.3, 0.4) is 0 Å². The van der Waals surface area contributed by atoms with Crippen molar-refractivity contribution in [1.82, 2.24) is 0 Å². The molecule has 6 heteroatoms. The van der Waals surface area contributed by atoms with Gasteiger partial charge in [-0.15, -0.1) is 11.3 Å². The lowest BCUT2D eigenvalue weighted by Crippen LogP contribution is -2.24. The predicted molar refractivity (Wildman–Crippen MR) is 97.8 cm³/mol. The highest BCUT2D eigenvalue weighted by molar-refractivity contribution is 7.11. The van der Waals surface area contributed by atoms with E-state index in [1.807, 2.05) is 25.3 Å². The van der Waals surface area contributed by atoms with Gasteiger partial charge in [-0.25, -0.2) is 4.79 Å². The molecule has 5 nitrogen and oxygen atoms in total. The third-order valence-electron chi connectivity index (χ3n) is 4.52. The zero-order valence-corrected chi connectivity index (χ0v) is 15.4. The maximum atomic E-state index is 12.7. The van der Waals surface area contributed by atoms with Gasteiger partial charge in [-0.2, -0.15) is 0 Å². The van der Waals surface area contributed by atoms with Crippen LogP contribution in [-0.2, 0) is 9.53 Å². The molecule has 2 aliphatic heterocycles. The van der Waals surface area contributed by atoms with Crippen LogP contribution in [0.5, 0.6) is 11.5 Å². The Morgan fingerprint density at radius 2 is 2.15 bits per heavy atom. The number of rotatable bonds is 3. The summed E-state index contributed by atoms with van der Waals surface area (Å²) in [4.78, 5) is 25.8. The number of aryl methyl sites for hydroxylation is 2. The molecular weight excluding hydrogens is 352 g/mol. The Labute approximate surface area is 155 Å². The second-order valence-electron chi connectivity index (χ2n) is 6.44. The number of allylic oxidation sites excluding steroid dienone is 1. The van der Waals surface area contributed by atoms with Crippen molar-refractivity contribution < 1.29 is 23.8 Å². The Hall–Kier alpha value is -2.44. The largest absolute Gasteiger partial charge is 0.452 e. The molecule has 1 unspecified atom stereocenters. The number of esters is 1. The van der Waals surface area contributed by atoms with Crippen molar-refractivity contribution in [2.45, 2.75) is 32.8 Å². The number of carbonyl (C=O) groups excluding carboxylic acids is 2. The Morgan fingerprint density at radius 3 is 2.85 bits per heavy atom. The first kappa shape index (κ1) is 17.0. The molecule has 2 aliphatic rings. The molecule has 134 valence electrons. The molecule has 0 aliphatic carbocycles. The van der Waals surface area contributed by atoms with Crippen LogP contribution in [-0.4, -0.2) is 24.5 Å². The van der Waals surface area contributed by atoms with E-state index in [2.05, 4.69) is 0 Å². The van der Waals surface area contributed by atoms with Crippen LogP contribution < -0.4 is 9.47 Å². The maximum absolute atomic E-state index is 12.7. The predicted octanol–water partition coefficient (Wildman–Crippen LogP) is 4.07. The number of Topliss-reactive ketones (excluding diaryl/α,β-unsaturated/α-hetero) is 1. The van der Waals surface area contributed by atoms with E-state index < -0.39 is 12.1 Å². The van der Waals surface area contributed by atoms with E-state index in [0.717, 1.165) is 16.9 Å². The molecule has 2 aromatic rings. The summed E-state index contributed by atoms with van der Waals surface area (Å²) in [6.07, 6.45) is 2.78. The molecule has 0 saturated carbocycles. The summed E-state index contributed by atoms with van der Waals surface area (Å²) < 4.78 is 16.5. The monoisotopic (exact) mass is 370 g/mol. The average Bonchev–Trinajstić information content (AvgIpc) is 3.31. The van der Waals surface area contributed by atoms with E-state index in [0.29, 0.717) is 35.7 Å². The number of hydrogen-bond acceptors (Lipinski definition) is 6. The van der Waals surface area contributed by atoms with Crippen molar-refractivity contribution in [3.63, 3.8) is 0 Å². The summed E-state index contributed by atoms with van der Waals surface area (Å²) >= 11 is 1.56.